The molecular formula is C18H19FN2O2S2. The van der Waals surface area contributed by atoms with E-state index in [9.17, 15) is 14.0 Å². The fourth-order valence-electron chi connectivity index (χ4n) is 2.74. The Bertz CT molecular complexity index is 736. The quantitative estimate of drug-likeness (QED) is 0.752. The first-order valence-electron chi connectivity index (χ1n) is 8.06. The van der Waals surface area contributed by atoms with E-state index in [1.54, 1.807) is 41.3 Å². The summed E-state index contributed by atoms with van der Waals surface area (Å²) in [7, 11) is 0. The zero-order valence-corrected chi connectivity index (χ0v) is 15.2. The molecular weight excluding hydrogens is 359 g/mol. The van der Waals surface area contributed by atoms with E-state index in [1.807, 2.05) is 0 Å². The Morgan fingerprint density at radius 1 is 1.36 bits per heavy atom. The van der Waals surface area contributed by atoms with Gasteiger partial charge < -0.3 is 10.2 Å². The standard InChI is InChI=1S/C18H19FN2O2S2/c19-15-3-1-2-4-16(15)21-10-14(9-17(21)22)18(23)20-6-8-25-12-13-5-7-24-11-13/h1-5,7,11,14H,6,8-10,12H2,(H,20,23)/t14-/m1/s1. The summed E-state index contributed by atoms with van der Waals surface area (Å²) in [6.07, 6.45) is 0.127. The van der Waals surface area contributed by atoms with Crippen molar-refractivity contribution in [3.8, 4) is 0 Å². The first kappa shape index (κ1) is 17.9. The molecule has 3 rings (SSSR count). The minimum absolute atomic E-state index is 0.127. The molecule has 0 aliphatic carbocycles. The molecule has 0 spiro atoms. The fraction of sp³-hybridized carbons (Fsp3) is 0.333. The van der Waals surface area contributed by atoms with E-state index in [2.05, 4.69) is 22.1 Å². The predicted octanol–water partition coefficient (Wildman–Crippen LogP) is 3.29. The molecule has 1 aliphatic heterocycles. The van der Waals surface area contributed by atoms with E-state index in [0.29, 0.717) is 6.54 Å². The van der Waals surface area contributed by atoms with Crippen LogP contribution in [0, 0.1) is 11.7 Å². The molecule has 0 radical (unpaired) electrons. The lowest BCUT2D eigenvalue weighted by atomic mass is 10.1. The summed E-state index contributed by atoms with van der Waals surface area (Å²) in [5, 5.41) is 7.05. The molecule has 1 N–H and O–H groups in total. The van der Waals surface area contributed by atoms with Gasteiger partial charge in [0.1, 0.15) is 5.82 Å². The summed E-state index contributed by atoms with van der Waals surface area (Å²) in [5.74, 6) is 0.540. The average molecular weight is 378 g/mol. The molecule has 132 valence electrons. The highest BCUT2D eigenvalue weighted by Gasteiger charge is 2.35. The van der Waals surface area contributed by atoms with Crippen molar-refractivity contribution in [1.82, 2.24) is 5.32 Å². The van der Waals surface area contributed by atoms with Crippen LogP contribution in [-0.2, 0) is 15.3 Å². The number of thioether (sulfide) groups is 1. The Kier molecular flexibility index (Phi) is 6.09. The highest BCUT2D eigenvalue weighted by Crippen LogP contribution is 2.27. The van der Waals surface area contributed by atoms with Crippen LogP contribution in [0.25, 0.3) is 0 Å². The summed E-state index contributed by atoms with van der Waals surface area (Å²) >= 11 is 3.44. The molecule has 1 aliphatic rings. The molecule has 1 fully saturated rings. The van der Waals surface area contributed by atoms with E-state index in [4.69, 9.17) is 0 Å². The third kappa shape index (κ3) is 4.61. The Morgan fingerprint density at radius 3 is 2.96 bits per heavy atom. The van der Waals surface area contributed by atoms with Crippen LogP contribution in [0.3, 0.4) is 0 Å². The lowest BCUT2D eigenvalue weighted by molar-refractivity contribution is -0.126. The highest BCUT2D eigenvalue weighted by atomic mass is 32.2. The van der Waals surface area contributed by atoms with Crippen molar-refractivity contribution in [1.29, 1.82) is 0 Å². The van der Waals surface area contributed by atoms with Crippen LogP contribution in [0.1, 0.15) is 12.0 Å². The van der Waals surface area contributed by atoms with Crippen LogP contribution in [0.5, 0.6) is 0 Å². The normalized spacial score (nSPS) is 17.1. The lowest BCUT2D eigenvalue weighted by Gasteiger charge is -2.17. The molecule has 2 heterocycles. The van der Waals surface area contributed by atoms with Gasteiger partial charge in [-0.2, -0.15) is 23.1 Å². The smallest absolute Gasteiger partial charge is 0.227 e. The van der Waals surface area contributed by atoms with Crippen molar-refractivity contribution in [2.24, 2.45) is 5.92 Å². The number of nitrogens with zero attached hydrogens (tertiary/aromatic N) is 1. The van der Waals surface area contributed by atoms with Crippen molar-refractivity contribution in [2.75, 3.05) is 23.7 Å². The predicted molar refractivity (Wildman–Crippen MR) is 100 cm³/mol. The molecule has 2 amide bonds. The molecule has 7 heteroatoms. The zero-order valence-electron chi connectivity index (χ0n) is 13.6. The Labute approximate surface area is 154 Å². The maximum absolute atomic E-state index is 13.9. The topological polar surface area (TPSA) is 49.4 Å². The van der Waals surface area contributed by atoms with Crippen molar-refractivity contribution in [3.05, 3.63) is 52.5 Å². The van der Waals surface area contributed by atoms with E-state index in [0.717, 1.165) is 11.5 Å². The number of anilines is 1. The molecule has 0 unspecified atom stereocenters. The molecule has 2 aromatic rings. The number of halogens is 1. The van der Waals surface area contributed by atoms with E-state index >= 15 is 0 Å². The first-order valence-corrected chi connectivity index (χ1v) is 10.2. The second-order valence-electron chi connectivity index (χ2n) is 5.83. The van der Waals surface area contributed by atoms with Gasteiger partial charge in [-0.15, -0.1) is 0 Å². The number of benzene rings is 1. The monoisotopic (exact) mass is 378 g/mol. The van der Waals surface area contributed by atoms with Crippen LogP contribution in [-0.4, -0.2) is 30.7 Å². The van der Waals surface area contributed by atoms with Crippen molar-refractivity contribution in [3.63, 3.8) is 0 Å². The van der Waals surface area contributed by atoms with Gasteiger partial charge in [-0.05, 0) is 34.5 Å². The lowest BCUT2D eigenvalue weighted by Crippen LogP contribution is -2.34. The number of carbonyl (C=O) groups is 2. The van der Waals surface area contributed by atoms with E-state index in [-0.39, 0.29) is 30.5 Å². The molecule has 1 atom stereocenters. The van der Waals surface area contributed by atoms with Crippen molar-refractivity contribution in [2.45, 2.75) is 12.2 Å². The van der Waals surface area contributed by atoms with Gasteiger partial charge in [0, 0.05) is 31.0 Å². The summed E-state index contributed by atoms with van der Waals surface area (Å²) in [5.41, 5.74) is 1.54. The first-order chi connectivity index (χ1) is 12.1. The molecule has 1 saturated heterocycles. The van der Waals surface area contributed by atoms with Crippen molar-refractivity contribution < 1.29 is 14.0 Å². The summed E-state index contributed by atoms with van der Waals surface area (Å²) < 4.78 is 13.9. The second-order valence-corrected chi connectivity index (χ2v) is 7.72. The summed E-state index contributed by atoms with van der Waals surface area (Å²) in [6.45, 7) is 0.797. The van der Waals surface area contributed by atoms with Gasteiger partial charge >= 0.3 is 0 Å². The minimum Gasteiger partial charge on any atom is -0.355 e. The number of carbonyl (C=O) groups excluding carboxylic acids is 2. The third-order valence-corrected chi connectivity index (χ3v) is 5.80. The number of nitrogens with one attached hydrogen (secondary N) is 1. The average Bonchev–Trinajstić information content (AvgIpc) is 3.25. The van der Waals surface area contributed by atoms with Crippen LogP contribution in [0.2, 0.25) is 0 Å². The zero-order chi connectivity index (χ0) is 17.6. The molecule has 1 aromatic carbocycles. The molecule has 0 bridgehead atoms. The number of thiophene rings is 1. The largest absolute Gasteiger partial charge is 0.355 e. The van der Waals surface area contributed by atoms with Gasteiger partial charge in [0.15, 0.2) is 0 Å². The van der Waals surface area contributed by atoms with E-state index < -0.39 is 11.7 Å². The molecule has 4 nitrogen and oxygen atoms in total. The van der Waals surface area contributed by atoms with Gasteiger partial charge in [-0.25, -0.2) is 4.39 Å². The van der Waals surface area contributed by atoms with Crippen LogP contribution >= 0.6 is 23.1 Å². The molecule has 0 saturated carbocycles. The van der Waals surface area contributed by atoms with Gasteiger partial charge in [0.05, 0.1) is 11.6 Å². The van der Waals surface area contributed by atoms with Gasteiger partial charge in [0.2, 0.25) is 11.8 Å². The molecule has 25 heavy (non-hydrogen) atoms. The number of rotatable bonds is 7. The van der Waals surface area contributed by atoms with Crippen LogP contribution < -0.4 is 10.2 Å². The van der Waals surface area contributed by atoms with Crippen LogP contribution in [0.4, 0.5) is 10.1 Å². The Morgan fingerprint density at radius 2 is 2.20 bits per heavy atom. The Hall–Kier alpha value is -1.86. The van der Waals surface area contributed by atoms with Crippen LogP contribution in [0.15, 0.2) is 41.1 Å². The van der Waals surface area contributed by atoms with Crippen molar-refractivity contribution >= 4 is 40.6 Å². The number of hydrogen-bond donors (Lipinski definition) is 1. The maximum atomic E-state index is 13.9. The Balaban J connectivity index is 1.44. The molecule has 1 aromatic heterocycles. The van der Waals surface area contributed by atoms with E-state index in [1.165, 1.54) is 16.5 Å². The minimum atomic E-state index is -0.443. The third-order valence-electron chi connectivity index (χ3n) is 4.03. The second kappa shape index (κ2) is 8.49. The maximum Gasteiger partial charge on any atom is 0.227 e. The van der Waals surface area contributed by atoms with Gasteiger partial charge in [-0.3, -0.25) is 9.59 Å². The summed E-state index contributed by atoms with van der Waals surface area (Å²) in [6, 6.07) is 8.24. The summed E-state index contributed by atoms with van der Waals surface area (Å²) in [4.78, 5) is 25.7. The number of para-hydroxylation sites is 1. The fourth-order valence-corrected chi connectivity index (χ4v) is 4.32. The van der Waals surface area contributed by atoms with Gasteiger partial charge in [0.25, 0.3) is 0 Å². The van der Waals surface area contributed by atoms with Gasteiger partial charge in [-0.1, -0.05) is 12.1 Å². The SMILES string of the molecule is O=C(NCCSCc1ccsc1)[C@@H]1CC(=O)N(c2ccccc2F)C1. The highest BCUT2D eigenvalue weighted by molar-refractivity contribution is 7.98. The number of amides is 2. The number of hydrogen-bond acceptors (Lipinski definition) is 4.